The number of halogens is 2. The molecule has 0 saturated heterocycles. The van der Waals surface area contributed by atoms with Crippen LogP contribution >= 0.6 is 0 Å². The van der Waals surface area contributed by atoms with Gasteiger partial charge in [-0.05, 0) is 44.9 Å². The van der Waals surface area contributed by atoms with Crippen molar-refractivity contribution >= 4 is 23.1 Å². The minimum absolute atomic E-state index is 0.144. The average Bonchev–Trinajstić information content (AvgIpc) is 3.09. The van der Waals surface area contributed by atoms with Gasteiger partial charge in [-0.2, -0.15) is 5.10 Å². The molecule has 9 heteroatoms. The predicted molar refractivity (Wildman–Crippen MR) is 104 cm³/mol. The summed E-state index contributed by atoms with van der Waals surface area (Å²) in [5.74, 6) is -2.80. The minimum Gasteiger partial charge on any atom is -0.365 e. The molecular formula is C20H21F2N5O2. The third kappa shape index (κ3) is 3.80. The van der Waals surface area contributed by atoms with Crippen LogP contribution in [0, 0.1) is 25.5 Å². The number of benzene rings is 1. The highest BCUT2D eigenvalue weighted by molar-refractivity contribution is 5.98. The highest BCUT2D eigenvalue weighted by atomic mass is 19.2. The van der Waals surface area contributed by atoms with E-state index in [1.807, 2.05) is 6.92 Å². The summed E-state index contributed by atoms with van der Waals surface area (Å²) in [5, 5.41) is 4.17. The van der Waals surface area contributed by atoms with E-state index >= 15 is 0 Å². The predicted octanol–water partition coefficient (Wildman–Crippen LogP) is 2.71. The second kappa shape index (κ2) is 7.94. The van der Waals surface area contributed by atoms with Gasteiger partial charge in [0.05, 0.1) is 6.20 Å². The smallest absolute Gasteiger partial charge is 0.254 e. The molecule has 29 heavy (non-hydrogen) atoms. The van der Waals surface area contributed by atoms with Crippen LogP contribution in [-0.4, -0.2) is 33.0 Å². The summed E-state index contributed by atoms with van der Waals surface area (Å²) in [6.07, 6.45) is 1.89. The number of hydrogen-bond donors (Lipinski definition) is 1. The first-order valence-electron chi connectivity index (χ1n) is 9.13. The summed E-state index contributed by atoms with van der Waals surface area (Å²) in [6.45, 7) is 5.70. The quantitative estimate of drug-likeness (QED) is 0.687. The van der Waals surface area contributed by atoms with Crippen molar-refractivity contribution in [2.24, 2.45) is 5.73 Å². The zero-order valence-electron chi connectivity index (χ0n) is 16.4. The van der Waals surface area contributed by atoms with Gasteiger partial charge in [-0.1, -0.05) is 0 Å². The Morgan fingerprint density at radius 1 is 1.21 bits per heavy atom. The number of primary amides is 1. The lowest BCUT2D eigenvalue weighted by Gasteiger charge is -2.21. The minimum atomic E-state index is -1.00. The van der Waals surface area contributed by atoms with Crippen LogP contribution in [0.4, 0.5) is 14.5 Å². The maximum atomic E-state index is 13.5. The first-order chi connectivity index (χ1) is 13.7. The van der Waals surface area contributed by atoms with E-state index < -0.39 is 17.5 Å². The summed E-state index contributed by atoms with van der Waals surface area (Å²) in [4.78, 5) is 30.1. The van der Waals surface area contributed by atoms with Gasteiger partial charge in [0.25, 0.3) is 5.91 Å². The molecule has 0 radical (unpaired) electrons. The lowest BCUT2D eigenvalue weighted by Crippen LogP contribution is -2.31. The molecule has 0 bridgehead atoms. The number of carbonyl (C=O) groups excluding carboxylic acids is 2. The van der Waals surface area contributed by atoms with Crippen molar-refractivity contribution in [3.05, 3.63) is 58.5 Å². The van der Waals surface area contributed by atoms with Gasteiger partial charge >= 0.3 is 0 Å². The van der Waals surface area contributed by atoms with Crippen LogP contribution in [-0.2, 0) is 11.2 Å². The molecule has 152 valence electrons. The van der Waals surface area contributed by atoms with Gasteiger partial charge in [-0.25, -0.2) is 18.3 Å². The van der Waals surface area contributed by atoms with Crippen molar-refractivity contribution in [2.75, 3.05) is 11.4 Å². The second-order valence-electron chi connectivity index (χ2n) is 6.66. The van der Waals surface area contributed by atoms with E-state index in [4.69, 9.17) is 5.73 Å². The molecule has 3 aromatic rings. The Morgan fingerprint density at radius 2 is 1.93 bits per heavy atom. The number of amides is 2. The Balaban J connectivity index is 1.84. The molecule has 0 fully saturated rings. The molecule has 0 saturated carbocycles. The lowest BCUT2D eigenvalue weighted by atomic mass is 10.1. The summed E-state index contributed by atoms with van der Waals surface area (Å²) in [5.41, 5.74) is 8.51. The highest BCUT2D eigenvalue weighted by Gasteiger charge is 2.19. The van der Waals surface area contributed by atoms with Gasteiger partial charge in [-0.15, -0.1) is 0 Å². The van der Waals surface area contributed by atoms with Gasteiger partial charge in [0.2, 0.25) is 5.91 Å². The molecule has 2 amide bonds. The zero-order valence-corrected chi connectivity index (χ0v) is 16.4. The van der Waals surface area contributed by atoms with Crippen molar-refractivity contribution in [1.82, 2.24) is 14.6 Å². The van der Waals surface area contributed by atoms with Crippen LogP contribution in [0.1, 0.15) is 40.7 Å². The number of nitrogens with zero attached hydrogens (tertiary/aromatic N) is 4. The number of hydrogen-bond acceptors (Lipinski definition) is 4. The molecular weight excluding hydrogens is 380 g/mol. The molecule has 2 heterocycles. The molecule has 0 aliphatic heterocycles. The maximum absolute atomic E-state index is 13.5. The number of rotatable bonds is 6. The van der Waals surface area contributed by atoms with Crippen LogP contribution in [0.15, 0.2) is 24.4 Å². The third-order valence-corrected chi connectivity index (χ3v) is 4.90. The summed E-state index contributed by atoms with van der Waals surface area (Å²) in [7, 11) is 0. The number of anilines is 1. The standard InChI is InChI=1S/C20H21F2N5O2/c1-4-26(13-5-7-16(21)17(22)9-13)18(28)8-6-14-11(2)25-20-15(19(23)29)10-24-27(20)12(14)3/h5,7,9-10H,4,6,8H2,1-3H3,(H2,23,29). The normalized spacial score (nSPS) is 11.1. The number of nitrogens with two attached hydrogens (primary N) is 1. The Hall–Kier alpha value is -3.36. The van der Waals surface area contributed by atoms with Gasteiger partial charge in [0.1, 0.15) is 5.56 Å². The van der Waals surface area contributed by atoms with Crippen LogP contribution < -0.4 is 10.6 Å². The number of fused-ring (bicyclic) bond motifs is 1. The van der Waals surface area contributed by atoms with E-state index in [1.54, 1.807) is 13.8 Å². The molecule has 0 atom stereocenters. The first kappa shape index (κ1) is 20.4. The summed E-state index contributed by atoms with van der Waals surface area (Å²) >= 11 is 0. The Bertz CT molecular complexity index is 1110. The molecule has 0 spiro atoms. The van der Waals surface area contributed by atoms with Gasteiger partial charge in [0, 0.05) is 36.1 Å². The molecule has 1 aromatic carbocycles. The monoisotopic (exact) mass is 401 g/mol. The number of aromatic nitrogens is 3. The Morgan fingerprint density at radius 3 is 2.55 bits per heavy atom. The second-order valence-corrected chi connectivity index (χ2v) is 6.66. The average molecular weight is 401 g/mol. The van der Waals surface area contributed by atoms with Crippen molar-refractivity contribution in [2.45, 2.75) is 33.6 Å². The third-order valence-electron chi connectivity index (χ3n) is 4.90. The van der Waals surface area contributed by atoms with E-state index in [-0.39, 0.29) is 17.9 Å². The topological polar surface area (TPSA) is 93.6 Å². The van der Waals surface area contributed by atoms with Crippen molar-refractivity contribution in [3.8, 4) is 0 Å². The zero-order chi connectivity index (χ0) is 21.3. The maximum Gasteiger partial charge on any atom is 0.254 e. The van der Waals surface area contributed by atoms with E-state index in [0.29, 0.717) is 30.0 Å². The van der Waals surface area contributed by atoms with Crippen molar-refractivity contribution in [1.29, 1.82) is 0 Å². The summed E-state index contributed by atoms with van der Waals surface area (Å²) in [6, 6.07) is 3.38. The number of aryl methyl sites for hydroxylation is 2. The lowest BCUT2D eigenvalue weighted by molar-refractivity contribution is -0.118. The Labute approximate surface area is 166 Å². The molecule has 2 aromatic heterocycles. The fourth-order valence-electron chi connectivity index (χ4n) is 3.37. The molecule has 0 aliphatic carbocycles. The fraction of sp³-hybridized carbons (Fsp3) is 0.300. The fourth-order valence-corrected chi connectivity index (χ4v) is 3.37. The van der Waals surface area contributed by atoms with E-state index in [0.717, 1.165) is 23.4 Å². The van der Waals surface area contributed by atoms with Crippen LogP contribution in [0.5, 0.6) is 0 Å². The number of carbonyl (C=O) groups is 2. The van der Waals surface area contributed by atoms with E-state index in [2.05, 4.69) is 10.1 Å². The molecule has 0 unspecified atom stereocenters. The highest BCUT2D eigenvalue weighted by Crippen LogP contribution is 2.21. The van der Waals surface area contributed by atoms with Crippen LogP contribution in [0.3, 0.4) is 0 Å². The SMILES string of the molecule is CCN(C(=O)CCc1c(C)nc2c(C(N)=O)cnn2c1C)c1ccc(F)c(F)c1. The van der Waals surface area contributed by atoms with Gasteiger partial charge in [-0.3, -0.25) is 9.59 Å². The van der Waals surface area contributed by atoms with E-state index in [1.165, 1.54) is 21.7 Å². The molecule has 3 rings (SSSR count). The van der Waals surface area contributed by atoms with E-state index in [9.17, 15) is 18.4 Å². The van der Waals surface area contributed by atoms with Crippen molar-refractivity contribution < 1.29 is 18.4 Å². The van der Waals surface area contributed by atoms with Crippen LogP contribution in [0.2, 0.25) is 0 Å². The molecule has 2 N–H and O–H groups in total. The van der Waals surface area contributed by atoms with Gasteiger partial charge < -0.3 is 10.6 Å². The van der Waals surface area contributed by atoms with Gasteiger partial charge in [0.15, 0.2) is 17.3 Å². The molecule has 7 nitrogen and oxygen atoms in total. The summed E-state index contributed by atoms with van der Waals surface area (Å²) < 4.78 is 28.2. The largest absolute Gasteiger partial charge is 0.365 e. The van der Waals surface area contributed by atoms with Crippen LogP contribution in [0.25, 0.3) is 5.65 Å². The Kier molecular flexibility index (Phi) is 5.58. The molecule has 0 aliphatic rings. The first-order valence-corrected chi connectivity index (χ1v) is 9.13. The van der Waals surface area contributed by atoms with Crippen molar-refractivity contribution in [3.63, 3.8) is 0 Å².